The third-order valence-electron chi connectivity index (χ3n) is 6.18. The predicted molar refractivity (Wildman–Crippen MR) is 150 cm³/mol. The van der Waals surface area contributed by atoms with Gasteiger partial charge in [0.05, 0.1) is 11.6 Å². The van der Waals surface area contributed by atoms with Crippen molar-refractivity contribution < 1.29 is 59.7 Å². The zero-order valence-corrected chi connectivity index (χ0v) is 24.1. The van der Waals surface area contributed by atoms with Gasteiger partial charge in [-0.05, 0) is 53.6 Å². The first-order valence-electron chi connectivity index (χ1n) is 13.3. The van der Waals surface area contributed by atoms with E-state index in [4.69, 9.17) is 25.1 Å². The fourth-order valence-electron chi connectivity index (χ4n) is 3.89. The predicted octanol–water partition coefficient (Wildman–Crippen LogP) is 5.11. The van der Waals surface area contributed by atoms with Crippen molar-refractivity contribution in [3.63, 3.8) is 0 Å². The Kier molecular flexibility index (Phi) is 13.8. The SMILES string of the molecule is N#Cc1cccc(C(=O)NCc2ccc(F)c(-c3ccc(F)c(CN4CCNCC4)c3)c2)c1.O=C(O)C(F)(F)F.O=C(O)C(F)(F)F. The quantitative estimate of drug-likeness (QED) is 0.265. The molecule has 0 aliphatic carbocycles. The van der Waals surface area contributed by atoms with Crippen LogP contribution in [0.25, 0.3) is 11.1 Å². The normalized spacial score (nSPS) is 13.2. The third kappa shape index (κ3) is 12.7. The van der Waals surface area contributed by atoms with E-state index in [1.54, 1.807) is 42.5 Å². The first kappa shape index (κ1) is 38.1. The van der Waals surface area contributed by atoms with Crippen molar-refractivity contribution in [2.75, 3.05) is 26.2 Å². The Morgan fingerprint density at radius 2 is 1.43 bits per heavy atom. The number of carboxylic acid groups (broad SMARTS) is 2. The Morgan fingerprint density at radius 1 is 0.851 bits per heavy atom. The second-order valence-electron chi connectivity index (χ2n) is 9.63. The second kappa shape index (κ2) is 17.0. The van der Waals surface area contributed by atoms with Crippen molar-refractivity contribution in [1.82, 2.24) is 15.5 Å². The largest absolute Gasteiger partial charge is 0.490 e. The molecule has 9 nitrogen and oxygen atoms in total. The number of halogens is 8. The minimum atomic E-state index is -5.08. The number of benzene rings is 3. The number of nitriles is 1. The van der Waals surface area contributed by atoms with Crippen LogP contribution < -0.4 is 10.6 Å². The van der Waals surface area contributed by atoms with Gasteiger partial charge in [-0.1, -0.05) is 18.2 Å². The van der Waals surface area contributed by atoms with Crippen LogP contribution in [0.5, 0.6) is 0 Å². The van der Waals surface area contributed by atoms with Crippen molar-refractivity contribution in [2.45, 2.75) is 25.4 Å². The van der Waals surface area contributed by atoms with Crippen molar-refractivity contribution in [3.05, 3.63) is 94.6 Å². The molecule has 0 atom stereocenters. The van der Waals surface area contributed by atoms with Crippen LogP contribution in [0, 0.1) is 23.0 Å². The number of carbonyl (C=O) groups excluding carboxylic acids is 1. The van der Waals surface area contributed by atoms with E-state index in [0.717, 1.165) is 26.2 Å². The fraction of sp³-hybridized carbons (Fsp3) is 0.267. The van der Waals surface area contributed by atoms with Gasteiger partial charge >= 0.3 is 24.3 Å². The zero-order valence-electron chi connectivity index (χ0n) is 24.1. The Hall–Kier alpha value is -5.08. The summed E-state index contributed by atoms with van der Waals surface area (Å²) in [5.74, 6) is -6.55. The minimum Gasteiger partial charge on any atom is -0.475 e. The van der Waals surface area contributed by atoms with Crippen LogP contribution in [-0.2, 0) is 22.7 Å². The summed E-state index contributed by atoms with van der Waals surface area (Å²) in [5.41, 5.74) is 2.98. The molecule has 0 bridgehead atoms. The summed E-state index contributed by atoms with van der Waals surface area (Å²) >= 11 is 0. The summed E-state index contributed by atoms with van der Waals surface area (Å²) in [7, 11) is 0. The maximum atomic E-state index is 14.7. The highest BCUT2D eigenvalue weighted by Crippen LogP contribution is 2.27. The van der Waals surface area contributed by atoms with Gasteiger partial charge in [0.25, 0.3) is 5.91 Å². The Bertz CT molecular complexity index is 1580. The first-order chi connectivity index (χ1) is 21.9. The molecule has 0 saturated carbocycles. The molecule has 0 radical (unpaired) electrons. The van der Waals surface area contributed by atoms with Gasteiger partial charge in [0, 0.05) is 56.0 Å². The molecular formula is C30H26F8N4O5. The maximum absolute atomic E-state index is 14.7. The van der Waals surface area contributed by atoms with Gasteiger partial charge in [0.1, 0.15) is 11.6 Å². The van der Waals surface area contributed by atoms with Crippen LogP contribution in [0.2, 0.25) is 0 Å². The van der Waals surface area contributed by atoms with Crippen molar-refractivity contribution in [1.29, 1.82) is 5.26 Å². The molecule has 0 unspecified atom stereocenters. The molecule has 1 heterocycles. The van der Waals surface area contributed by atoms with Gasteiger partial charge < -0.3 is 20.8 Å². The molecule has 252 valence electrons. The number of piperazine rings is 1. The highest BCUT2D eigenvalue weighted by molar-refractivity contribution is 5.94. The summed E-state index contributed by atoms with van der Waals surface area (Å²) in [4.78, 5) is 32.4. The van der Waals surface area contributed by atoms with Crippen LogP contribution in [0.1, 0.15) is 27.0 Å². The summed E-state index contributed by atoms with van der Waals surface area (Å²) in [6.45, 7) is 4.07. The van der Waals surface area contributed by atoms with E-state index in [-0.39, 0.29) is 18.3 Å². The molecule has 0 aromatic heterocycles. The number of hydrogen-bond acceptors (Lipinski definition) is 6. The van der Waals surface area contributed by atoms with Gasteiger partial charge in [-0.15, -0.1) is 0 Å². The van der Waals surface area contributed by atoms with E-state index < -0.39 is 30.1 Å². The summed E-state index contributed by atoms with van der Waals surface area (Å²) < 4.78 is 92.6. The molecule has 1 aliphatic heterocycles. The molecule has 3 aromatic rings. The molecule has 3 aromatic carbocycles. The molecule has 4 N–H and O–H groups in total. The van der Waals surface area contributed by atoms with Crippen LogP contribution in [0.3, 0.4) is 0 Å². The minimum absolute atomic E-state index is 0.192. The smallest absolute Gasteiger partial charge is 0.475 e. The van der Waals surface area contributed by atoms with Crippen molar-refractivity contribution in [3.8, 4) is 17.2 Å². The van der Waals surface area contributed by atoms with Crippen LogP contribution >= 0.6 is 0 Å². The van der Waals surface area contributed by atoms with E-state index in [0.29, 0.717) is 39.9 Å². The first-order valence-corrected chi connectivity index (χ1v) is 13.3. The highest BCUT2D eigenvalue weighted by atomic mass is 19.4. The fourth-order valence-corrected chi connectivity index (χ4v) is 3.89. The number of amides is 1. The molecule has 47 heavy (non-hydrogen) atoms. The number of nitrogens with zero attached hydrogens (tertiary/aromatic N) is 2. The van der Waals surface area contributed by atoms with E-state index in [1.165, 1.54) is 18.2 Å². The van der Waals surface area contributed by atoms with E-state index in [2.05, 4.69) is 15.5 Å². The van der Waals surface area contributed by atoms with Crippen LogP contribution in [0.4, 0.5) is 35.1 Å². The topological polar surface area (TPSA) is 143 Å². The average Bonchev–Trinajstić information content (AvgIpc) is 3.02. The van der Waals surface area contributed by atoms with Crippen LogP contribution in [-0.4, -0.2) is 71.5 Å². The molecule has 17 heteroatoms. The van der Waals surface area contributed by atoms with Gasteiger partial charge in [0.15, 0.2) is 0 Å². The number of carbonyl (C=O) groups is 3. The lowest BCUT2D eigenvalue weighted by Gasteiger charge is -2.27. The molecule has 4 rings (SSSR count). The molecule has 1 aliphatic rings. The second-order valence-corrected chi connectivity index (χ2v) is 9.63. The van der Waals surface area contributed by atoms with E-state index in [1.807, 2.05) is 6.07 Å². The monoisotopic (exact) mass is 674 g/mol. The number of rotatable bonds is 6. The van der Waals surface area contributed by atoms with Gasteiger partial charge in [-0.3, -0.25) is 9.69 Å². The average molecular weight is 675 g/mol. The summed E-state index contributed by atoms with van der Waals surface area (Å²) in [6, 6.07) is 17.7. The van der Waals surface area contributed by atoms with Crippen molar-refractivity contribution in [2.24, 2.45) is 0 Å². The lowest BCUT2D eigenvalue weighted by atomic mass is 9.99. The van der Waals surface area contributed by atoms with Gasteiger partial charge in [0.2, 0.25) is 0 Å². The van der Waals surface area contributed by atoms with Gasteiger partial charge in [-0.25, -0.2) is 18.4 Å². The number of hydrogen-bond donors (Lipinski definition) is 4. The Balaban J connectivity index is 0.000000459. The Morgan fingerprint density at radius 3 is 1.98 bits per heavy atom. The summed E-state index contributed by atoms with van der Waals surface area (Å²) in [5, 5.41) is 29.3. The molecule has 1 saturated heterocycles. The third-order valence-corrected chi connectivity index (χ3v) is 6.18. The number of alkyl halides is 6. The van der Waals surface area contributed by atoms with Gasteiger partial charge in [-0.2, -0.15) is 31.6 Å². The molecule has 1 amide bonds. The zero-order chi connectivity index (χ0) is 35.4. The van der Waals surface area contributed by atoms with Crippen LogP contribution in [0.15, 0.2) is 60.7 Å². The standard InChI is InChI=1S/C26H24F2N4O.2C2HF3O2/c27-24-7-5-20(14-22(24)17-32-10-8-30-9-11-32)23-13-19(4-6-25(23)28)16-31-26(33)21-3-1-2-18(12-21)15-29;2*3-2(4,5)1(6)7/h1-7,12-14,30H,8-11,16-17H2,(H,31,33);2*(H,6,7). The molecule has 0 spiro atoms. The number of carboxylic acids is 2. The number of aliphatic carboxylic acids is 2. The molecule has 1 fully saturated rings. The lowest BCUT2D eigenvalue weighted by molar-refractivity contribution is -0.193. The van der Waals surface area contributed by atoms with Crippen molar-refractivity contribution >= 4 is 17.8 Å². The molecular weight excluding hydrogens is 648 g/mol. The van der Waals surface area contributed by atoms with E-state index >= 15 is 0 Å². The maximum Gasteiger partial charge on any atom is 0.490 e. The summed E-state index contributed by atoms with van der Waals surface area (Å²) in [6.07, 6.45) is -10.2. The van der Waals surface area contributed by atoms with E-state index in [9.17, 15) is 39.9 Å². The number of nitrogens with one attached hydrogen (secondary N) is 2. The Labute approximate surface area is 262 Å². The highest BCUT2D eigenvalue weighted by Gasteiger charge is 2.38. The lowest BCUT2D eigenvalue weighted by Crippen LogP contribution is -2.43.